The van der Waals surface area contributed by atoms with Gasteiger partial charge in [0.15, 0.2) is 0 Å². The standard InChI is InChI=1S/C23H18F3NO3/c24-23(25,26)20-9-5-4-8-19(20)22(28)27-14-18-13-15-12-17(10-11-21(15)30-18)29-16-6-2-1-3-7-16/h1-12,18H,13-14H2,(H,27,28)/t18-/m0/s1. The van der Waals surface area contributed by atoms with E-state index < -0.39 is 23.2 Å². The molecule has 1 heterocycles. The summed E-state index contributed by atoms with van der Waals surface area (Å²) in [5.74, 6) is 1.26. The molecule has 1 aliphatic rings. The van der Waals surface area contributed by atoms with Crippen LogP contribution in [0.15, 0.2) is 72.8 Å². The van der Waals surface area contributed by atoms with E-state index in [-0.39, 0.29) is 12.6 Å². The molecule has 0 aliphatic carbocycles. The third-order valence-corrected chi connectivity index (χ3v) is 4.72. The van der Waals surface area contributed by atoms with Crippen LogP contribution in [0.4, 0.5) is 13.2 Å². The number of carbonyl (C=O) groups excluding carboxylic acids is 1. The van der Waals surface area contributed by atoms with Gasteiger partial charge in [0, 0.05) is 12.0 Å². The number of fused-ring (bicyclic) bond motifs is 1. The van der Waals surface area contributed by atoms with Gasteiger partial charge in [0.25, 0.3) is 5.91 Å². The van der Waals surface area contributed by atoms with Crippen LogP contribution >= 0.6 is 0 Å². The fourth-order valence-corrected chi connectivity index (χ4v) is 3.33. The minimum absolute atomic E-state index is 0.0918. The molecule has 154 valence electrons. The van der Waals surface area contributed by atoms with Gasteiger partial charge in [-0.1, -0.05) is 30.3 Å². The van der Waals surface area contributed by atoms with E-state index >= 15 is 0 Å². The lowest BCUT2D eigenvalue weighted by molar-refractivity contribution is -0.137. The Morgan fingerprint density at radius 1 is 1.00 bits per heavy atom. The Balaban J connectivity index is 1.38. The molecule has 0 bridgehead atoms. The zero-order valence-electron chi connectivity index (χ0n) is 15.8. The Hall–Kier alpha value is -3.48. The van der Waals surface area contributed by atoms with Gasteiger partial charge in [-0.2, -0.15) is 13.2 Å². The summed E-state index contributed by atoms with van der Waals surface area (Å²) < 4.78 is 50.9. The quantitative estimate of drug-likeness (QED) is 0.623. The first kappa shape index (κ1) is 19.8. The molecule has 4 rings (SSSR count). The third-order valence-electron chi connectivity index (χ3n) is 4.72. The largest absolute Gasteiger partial charge is 0.488 e. The van der Waals surface area contributed by atoms with E-state index in [0.717, 1.165) is 17.7 Å². The monoisotopic (exact) mass is 413 g/mol. The Labute approximate surface area is 171 Å². The Kier molecular flexibility index (Phi) is 5.35. The van der Waals surface area contributed by atoms with Crippen molar-refractivity contribution in [1.29, 1.82) is 0 Å². The highest BCUT2D eigenvalue weighted by Gasteiger charge is 2.35. The normalized spacial score (nSPS) is 15.2. The van der Waals surface area contributed by atoms with Gasteiger partial charge < -0.3 is 14.8 Å². The molecule has 1 N–H and O–H groups in total. The number of amides is 1. The van der Waals surface area contributed by atoms with Crippen LogP contribution in [0.1, 0.15) is 21.5 Å². The van der Waals surface area contributed by atoms with Crippen molar-refractivity contribution in [3.8, 4) is 17.2 Å². The molecule has 3 aromatic carbocycles. The summed E-state index contributed by atoms with van der Waals surface area (Å²) in [6, 6.07) is 19.5. The number of halogens is 3. The molecule has 1 aliphatic heterocycles. The molecule has 0 saturated carbocycles. The van der Waals surface area contributed by atoms with Crippen LogP contribution in [-0.2, 0) is 12.6 Å². The maximum Gasteiger partial charge on any atom is 0.417 e. The minimum atomic E-state index is -4.59. The van der Waals surface area contributed by atoms with Crippen LogP contribution < -0.4 is 14.8 Å². The zero-order chi connectivity index (χ0) is 21.1. The lowest BCUT2D eigenvalue weighted by Gasteiger charge is -2.15. The number of para-hydroxylation sites is 1. The number of carbonyl (C=O) groups is 1. The van der Waals surface area contributed by atoms with Crippen molar-refractivity contribution in [2.24, 2.45) is 0 Å². The lowest BCUT2D eigenvalue weighted by atomic mass is 10.1. The number of rotatable bonds is 5. The third kappa shape index (κ3) is 4.40. The van der Waals surface area contributed by atoms with Crippen molar-refractivity contribution < 1.29 is 27.4 Å². The molecule has 30 heavy (non-hydrogen) atoms. The molecule has 0 saturated heterocycles. The Bertz CT molecular complexity index is 1050. The fourth-order valence-electron chi connectivity index (χ4n) is 3.33. The van der Waals surface area contributed by atoms with Crippen LogP contribution in [0.3, 0.4) is 0 Å². The Morgan fingerprint density at radius 3 is 2.50 bits per heavy atom. The second kappa shape index (κ2) is 8.10. The van der Waals surface area contributed by atoms with E-state index in [4.69, 9.17) is 9.47 Å². The number of hydrogen-bond donors (Lipinski definition) is 1. The zero-order valence-corrected chi connectivity index (χ0v) is 15.8. The maximum atomic E-state index is 13.1. The molecule has 0 unspecified atom stereocenters. The number of hydrogen-bond acceptors (Lipinski definition) is 3. The first-order valence-electron chi connectivity index (χ1n) is 9.37. The molecular weight excluding hydrogens is 395 g/mol. The second-order valence-corrected chi connectivity index (χ2v) is 6.88. The smallest absolute Gasteiger partial charge is 0.417 e. The summed E-state index contributed by atoms with van der Waals surface area (Å²) in [6.07, 6.45) is -4.44. The number of ether oxygens (including phenoxy) is 2. The summed E-state index contributed by atoms with van der Waals surface area (Å²) in [5, 5.41) is 2.55. The minimum Gasteiger partial charge on any atom is -0.488 e. The predicted molar refractivity (Wildman–Crippen MR) is 105 cm³/mol. The molecule has 0 spiro atoms. The molecule has 0 radical (unpaired) electrons. The highest BCUT2D eigenvalue weighted by Crippen LogP contribution is 2.34. The van der Waals surface area contributed by atoms with E-state index in [2.05, 4.69) is 5.32 Å². The topological polar surface area (TPSA) is 47.6 Å². The van der Waals surface area contributed by atoms with Gasteiger partial charge in [-0.15, -0.1) is 0 Å². The van der Waals surface area contributed by atoms with Crippen molar-refractivity contribution in [3.05, 3.63) is 89.5 Å². The number of benzene rings is 3. The van der Waals surface area contributed by atoms with Gasteiger partial charge >= 0.3 is 6.18 Å². The maximum absolute atomic E-state index is 13.1. The van der Waals surface area contributed by atoms with Gasteiger partial charge in [0.1, 0.15) is 23.4 Å². The average molecular weight is 413 g/mol. The van der Waals surface area contributed by atoms with Crippen LogP contribution in [0.5, 0.6) is 17.2 Å². The summed E-state index contributed by atoms with van der Waals surface area (Å²) in [5.41, 5.74) is -0.446. The molecular formula is C23H18F3NO3. The molecule has 4 nitrogen and oxygen atoms in total. The van der Waals surface area contributed by atoms with Gasteiger partial charge in [-0.3, -0.25) is 4.79 Å². The summed E-state index contributed by atoms with van der Waals surface area (Å²) >= 11 is 0. The fraction of sp³-hybridized carbons (Fsp3) is 0.174. The predicted octanol–water partition coefficient (Wildman–Crippen LogP) is 5.23. The summed E-state index contributed by atoms with van der Waals surface area (Å²) in [4.78, 5) is 12.3. The second-order valence-electron chi connectivity index (χ2n) is 6.88. The van der Waals surface area contributed by atoms with Crippen LogP contribution in [-0.4, -0.2) is 18.6 Å². The number of nitrogens with one attached hydrogen (secondary N) is 1. The highest BCUT2D eigenvalue weighted by molar-refractivity contribution is 5.95. The van der Waals surface area contributed by atoms with E-state index in [9.17, 15) is 18.0 Å². The van der Waals surface area contributed by atoms with E-state index in [1.54, 1.807) is 12.1 Å². The van der Waals surface area contributed by atoms with Gasteiger partial charge in [-0.25, -0.2) is 0 Å². The molecule has 0 aromatic heterocycles. The average Bonchev–Trinajstić information content (AvgIpc) is 3.14. The van der Waals surface area contributed by atoms with Crippen molar-refractivity contribution >= 4 is 5.91 Å². The lowest BCUT2D eigenvalue weighted by Crippen LogP contribution is -2.35. The molecule has 7 heteroatoms. The number of alkyl halides is 3. The van der Waals surface area contributed by atoms with Crippen molar-refractivity contribution in [2.75, 3.05) is 6.54 Å². The van der Waals surface area contributed by atoms with Crippen LogP contribution in [0.2, 0.25) is 0 Å². The molecule has 1 atom stereocenters. The summed E-state index contributed by atoms with van der Waals surface area (Å²) in [7, 11) is 0. The first-order valence-corrected chi connectivity index (χ1v) is 9.37. The highest BCUT2D eigenvalue weighted by atomic mass is 19.4. The van der Waals surface area contributed by atoms with Crippen LogP contribution in [0, 0.1) is 0 Å². The molecule has 3 aromatic rings. The van der Waals surface area contributed by atoms with E-state index in [0.29, 0.717) is 23.7 Å². The van der Waals surface area contributed by atoms with Gasteiger partial charge in [0.2, 0.25) is 0 Å². The van der Waals surface area contributed by atoms with Crippen molar-refractivity contribution in [1.82, 2.24) is 5.32 Å². The first-order chi connectivity index (χ1) is 14.4. The van der Waals surface area contributed by atoms with E-state index in [1.165, 1.54) is 12.1 Å². The van der Waals surface area contributed by atoms with Gasteiger partial charge in [-0.05, 0) is 42.5 Å². The van der Waals surface area contributed by atoms with Crippen molar-refractivity contribution in [3.63, 3.8) is 0 Å². The molecule has 1 amide bonds. The van der Waals surface area contributed by atoms with Crippen LogP contribution in [0.25, 0.3) is 0 Å². The summed E-state index contributed by atoms with van der Waals surface area (Å²) in [6.45, 7) is 0.0918. The van der Waals surface area contributed by atoms with Gasteiger partial charge in [0.05, 0.1) is 17.7 Å². The SMILES string of the molecule is O=C(NC[C@@H]1Cc2cc(Oc3ccccc3)ccc2O1)c1ccccc1C(F)(F)F. The van der Waals surface area contributed by atoms with E-state index in [1.807, 2.05) is 36.4 Å². The molecule has 0 fully saturated rings. The van der Waals surface area contributed by atoms with Crippen molar-refractivity contribution in [2.45, 2.75) is 18.7 Å². The Morgan fingerprint density at radius 2 is 1.73 bits per heavy atom.